The van der Waals surface area contributed by atoms with E-state index in [-0.39, 0.29) is 11.9 Å². The zero-order chi connectivity index (χ0) is 16.3. The lowest BCUT2D eigenvalue weighted by Crippen LogP contribution is -2.51. The van der Waals surface area contributed by atoms with E-state index < -0.39 is 5.41 Å². The quantitative estimate of drug-likeness (QED) is 0.821. The van der Waals surface area contributed by atoms with Crippen LogP contribution in [0, 0.1) is 0 Å². The highest BCUT2D eigenvalue weighted by Crippen LogP contribution is 2.42. The van der Waals surface area contributed by atoms with Crippen LogP contribution < -0.4 is 5.32 Å². The van der Waals surface area contributed by atoms with Gasteiger partial charge in [0.1, 0.15) is 0 Å². The molecule has 2 fully saturated rings. The van der Waals surface area contributed by atoms with Crippen molar-refractivity contribution in [3.05, 3.63) is 34.9 Å². The summed E-state index contributed by atoms with van der Waals surface area (Å²) in [5.74, 6) is 0.0647. The lowest BCUT2D eigenvalue weighted by Gasteiger charge is -2.41. The summed E-state index contributed by atoms with van der Waals surface area (Å²) in [7, 11) is 0. The van der Waals surface area contributed by atoms with Crippen LogP contribution in [-0.2, 0) is 10.2 Å². The molecule has 126 valence electrons. The number of hydrogen-bond donors (Lipinski definition) is 1. The molecule has 1 atom stereocenters. The van der Waals surface area contributed by atoms with Crippen LogP contribution in [0.3, 0.4) is 0 Å². The second-order valence-electron chi connectivity index (χ2n) is 6.77. The lowest BCUT2D eigenvalue weighted by atomic mass is 9.68. The Kier molecular flexibility index (Phi) is 5.50. The molecule has 0 unspecified atom stereocenters. The Hall–Kier alpha value is -0.770. The van der Waals surface area contributed by atoms with Crippen LogP contribution in [0.5, 0.6) is 0 Å². The van der Waals surface area contributed by atoms with E-state index in [9.17, 15) is 4.79 Å². The average molecular weight is 355 g/mol. The number of nitrogens with zero attached hydrogens (tertiary/aromatic N) is 1. The third-order valence-corrected chi connectivity index (χ3v) is 5.98. The maximum Gasteiger partial charge on any atom is 0.247 e. The van der Waals surface area contributed by atoms with Gasteiger partial charge < -0.3 is 5.32 Å². The molecule has 0 spiro atoms. The first-order chi connectivity index (χ1) is 11.1. The van der Waals surface area contributed by atoms with Crippen molar-refractivity contribution in [3.8, 4) is 0 Å². The Balaban J connectivity index is 1.88. The Morgan fingerprint density at radius 1 is 1.13 bits per heavy atom. The van der Waals surface area contributed by atoms with Gasteiger partial charge in [0.2, 0.25) is 5.91 Å². The van der Waals surface area contributed by atoms with E-state index in [1.807, 2.05) is 24.3 Å². The molecule has 3 nitrogen and oxygen atoms in total. The summed E-state index contributed by atoms with van der Waals surface area (Å²) in [6.07, 6.45) is 7.11. The molecule has 1 aromatic rings. The number of piperidine rings is 1. The van der Waals surface area contributed by atoms with Crippen molar-refractivity contribution in [2.24, 2.45) is 0 Å². The van der Waals surface area contributed by atoms with Crippen molar-refractivity contribution in [3.63, 3.8) is 0 Å². The molecule has 1 aromatic carbocycles. The molecule has 5 heteroatoms. The average Bonchev–Trinajstić information content (AvgIpc) is 2.62. The van der Waals surface area contributed by atoms with Crippen molar-refractivity contribution in [1.29, 1.82) is 0 Å². The third kappa shape index (κ3) is 3.52. The Morgan fingerprint density at radius 3 is 2.43 bits per heavy atom. The van der Waals surface area contributed by atoms with Crippen LogP contribution in [0.2, 0.25) is 5.02 Å². The minimum Gasteiger partial charge on any atom is -0.315 e. The molecule has 0 radical (unpaired) electrons. The molecule has 1 amide bonds. The predicted molar refractivity (Wildman–Crippen MR) is 94.8 cm³/mol. The van der Waals surface area contributed by atoms with Crippen molar-refractivity contribution in [2.75, 3.05) is 13.1 Å². The first-order valence-electron chi connectivity index (χ1n) is 8.60. The Bertz CT molecular complexity index is 534. The minimum atomic E-state index is -0.484. The van der Waals surface area contributed by atoms with E-state index >= 15 is 0 Å². The van der Waals surface area contributed by atoms with E-state index in [0.29, 0.717) is 5.02 Å². The molecule has 0 aromatic heterocycles. The van der Waals surface area contributed by atoms with Gasteiger partial charge in [0.25, 0.3) is 0 Å². The molecule has 1 aliphatic carbocycles. The van der Waals surface area contributed by atoms with Gasteiger partial charge in [-0.1, -0.05) is 43.0 Å². The van der Waals surface area contributed by atoms with Gasteiger partial charge in [-0.2, -0.15) is 0 Å². The number of hydrogen-bond acceptors (Lipinski definition) is 2. The van der Waals surface area contributed by atoms with Gasteiger partial charge in [0, 0.05) is 23.3 Å². The van der Waals surface area contributed by atoms with Crippen molar-refractivity contribution in [2.45, 2.75) is 56.4 Å². The highest BCUT2D eigenvalue weighted by atomic mass is 35.5. The molecule has 1 aliphatic heterocycles. The largest absolute Gasteiger partial charge is 0.315 e. The molecular formula is C18H24Cl2N2O. The lowest BCUT2D eigenvalue weighted by molar-refractivity contribution is -0.135. The second kappa shape index (κ2) is 7.42. The number of amides is 1. The summed E-state index contributed by atoms with van der Waals surface area (Å²) in [5.41, 5.74) is 0.572. The number of carbonyl (C=O) groups excluding carboxylic acids is 1. The first-order valence-corrected chi connectivity index (χ1v) is 9.31. The second-order valence-corrected chi connectivity index (χ2v) is 7.57. The molecule has 2 aliphatic rings. The maximum atomic E-state index is 13.3. The number of carbonyl (C=O) groups is 1. The normalized spacial score (nSPS) is 24.2. The summed E-state index contributed by atoms with van der Waals surface area (Å²) >= 11 is 12.6. The van der Waals surface area contributed by atoms with Gasteiger partial charge in [-0.3, -0.25) is 4.79 Å². The van der Waals surface area contributed by atoms with E-state index in [1.165, 1.54) is 10.8 Å². The fraction of sp³-hybridized carbons (Fsp3) is 0.611. The third-order valence-electron chi connectivity index (χ3n) is 5.30. The molecule has 1 heterocycles. The Morgan fingerprint density at radius 2 is 1.83 bits per heavy atom. The van der Waals surface area contributed by atoms with Crippen LogP contribution >= 0.6 is 23.4 Å². The number of halogens is 2. The zero-order valence-corrected chi connectivity index (χ0v) is 14.9. The predicted octanol–water partition coefficient (Wildman–Crippen LogP) is 4.28. The SMILES string of the molecule is O=C(N(Cl)[C@@H]1CCCNC1)C1(c2ccc(Cl)cc2)CCCCC1. The molecular weight excluding hydrogens is 331 g/mol. The monoisotopic (exact) mass is 354 g/mol. The molecule has 1 N–H and O–H groups in total. The van der Waals surface area contributed by atoms with Crippen LogP contribution in [0.15, 0.2) is 24.3 Å². The molecule has 1 saturated heterocycles. The molecule has 3 rings (SSSR count). The van der Waals surface area contributed by atoms with Gasteiger partial charge in [-0.15, -0.1) is 0 Å². The van der Waals surface area contributed by atoms with Crippen LogP contribution in [0.25, 0.3) is 0 Å². The minimum absolute atomic E-state index is 0.0647. The van der Waals surface area contributed by atoms with Crippen LogP contribution in [0.4, 0.5) is 0 Å². The fourth-order valence-electron chi connectivity index (χ4n) is 3.95. The zero-order valence-electron chi connectivity index (χ0n) is 13.4. The van der Waals surface area contributed by atoms with Gasteiger partial charge in [0.05, 0.1) is 11.5 Å². The van der Waals surface area contributed by atoms with E-state index in [1.54, 1.807) is 0 Å². The summed E-state index contributed by atoms with van der Waals surface area (Å²) < 4.78 is 1.49. The highest BCUT2D eigenvalue weighted by molar-refractivity contribution is 6.30. The van der Waals surface area contributed by atoms with Gasteiger partial charge >= 0.3 is 0 Å². The standard InChI is InChI=1S/C18H24Cl2N2O/c19-15-8-6-14(7-9-15)18(10-2-1-3-11-18)17(23)22(20)16-5-4-12-21-13-16/h6-9,16,21H,1-5,10-13H2/t16-/m1/s1. The fourth-order valence-corrected chi connectivity index (χ4v) is 4.40. The van der Waals surface area contributed by atoms with Crippen molar-refractivity contribution < 1.29 is 4.79 Å². The van der Waals surface area contributed by atoms with Gasteiger partial charge in [-0.25, -0.2) is 4.42 Å². The van der Waals surface area contributed by atoms with Crippen LogP contribution in [0.1, 0.15) is 50.5 Å². The number of benzene rings is 1. The maximum absolute atomic E-state index is 13.3. The van der Waals surface area contributed by atoms with Gasteiger partial charge in [-0.05, 0) is 49.9 Å². The summed E-state index contributed by atoms with van der Waals surface area (Å²) in [6, 6.07) is 7.83. The first kappa shape index (κ1) is 17.1. The van der Waals surface area contributed by atoms with Crippen molar-refractivity contribution >= 4 is 29.3 Å². The van der Waals surface area contributed by atoms with E-state index in [4.69, 9.17) is 23.4 Å². The number of nitrogens with one attached hydrogen (secondary N) is 1. The summed E-state index contributed by atoms with van der Waals surface area (Å²) in [4.78, 5) is 13.3. The smallest absolute Gasteiger partial charge is 0.247 e. The van der Waals surface area contributed by atoms with E-state index in [0.717, 1.165) is 57.2 Å². The Labute approximate surface area is 148 Å². The van der Waals surface area contributed by atoms with E-state index in [2.05, 4.69) is 5.32 Å². The molecule has 23 heavy (non-hydrogen) atoms. The van der Waals surface area contributed by atoms with Gasteiger partial charge in [0.15, 0.2) is 0 Å². The highest BCUT2D eigenvalue weighted by Gasteiger charge is 2.45. The molecule has 1 saturated carbocycles. The van der Waals surface area contributed by atoms with Crippen molar-refractivity contribution in [1.82, 2.24) is 9.74 Å². The number of rotatable bonds is 3. The topological polar surface area (TPSA) is 32.3 Å². The summed E-state index contributed by atoms with van der Waals surface area (Å²) in [6.45, 7) is 1.80. The van der Waals surface area contributed by atoms with Crippen LogP contribution in [-0.4, -0.2) is 29.5 Å². The summed E-state index contributed by atoms with van der Waals surface area (Å²) in [5, 5.41) is 4.04. The molecule has 0 bridgehead atoms.